The maximum atomic E-state index is 15.2. The van der Waals surface area contributed by atoms with E-state index in [-0.39, 0.29) is 11.5 Å². The van der Waals surface area contributed by atoms with E-state index in [1.54, 1.807) is 0 Å². The number of anilines is 1. The van der Waals surface area contributed by atoms with Gasteiger partial charge in [0.05, 0.1) is 0 Å². The van der Waals surface area contributed by atoms with Crippen LogP contribution in [0.2, 0.25) is 0 Å². The van der Waals surface area contributed by atoms with Crippen molar-refractivity contribution < 1.29 is 8.78 Å². The number of nitrogens with zero attached hydrogens (tertiary/aromatic N) is 4. The average molecular weight is 564 g/mol. The SMILES string of the molecule is Cc1nnc(N2N=C(c3cc(F)ccc3F)SC2(c2ccc(C)c(C)c2)C(CCN)c2ccc(C)c(C)c2)s1. The van der Waals surface area contributed by atoms with Crippen LogP contribution in [0.1, 0.15) is 56.3 Å². The summed E-state index contributed by atoms with van der Waals surface area (Å²) in [6.45, 7) is 10.7. The Balaban J connectivity index is 1.82. The number of rotatable bonds is 7. The molecule has 3 aromatic carbocycles. The molecule has 0 saturated heterocycles. The fourth-order valence-electron chi connectivity index (χ4n) is 5.00. The van der Waals surface area contributed by atoms with Gasteiger partial charge in [-0.15, -0.1) is 10.2 Å². The molecule has 0 saturated carbocycles. The first-order valence-corrected chi connectivity index (χ1v) is 14.5. The van der Waals surface area contributed by atoms with Crippen molar-refractivity contribution in [2.45, 2.75) is 51.8 Å². The van der Waals surface area contributed by atoms with Gasteiger partial charge >= 0.3 is 0 Å². The lowest BCUT2D eigenvalue weighted by molar-refractivity contribution is 0.451. The third-order valence-electron chi connectivity index (χ3n) is 7.39. The Bertz CT molecular complexity index is 1570. The summed E-state index contributed by atoms with van der Waals surface area (Å²) in [4.78, 5) is -0.889. The summed E-state index contributed by atoms with van der Waals surface area (Å²) in [6, 6.07) is 16.3. The first kappa shape index (κ1) is 27.4. The van der Waals surface area contributed by atoms with E-state index >= 15 is 4.39 Å². The number of benzene rings is 3. The summed E-state index contributed by atoms with van der Waals surface area (Å²) in [5, 5.41) is 17.3. The lowest BCUT2D eigenvalue weighted by Crippen LogP contribution is -2.44. The van der Waals surface area contributed by atoms with Crippen molar-refractivity contribution in [3.8, 4) is 0 Å². The van der Waals surface area contributed by atoms with E-state index in [9.17, 15) is 4.39 Å². The van der Waals surface area contributed by atoms with Gasteiger partial charge in [-0.2, -0.15) is 5.10 Å². The first-order chi connectivity index (χ1) is 18.6. The van der Waals surface area contributed by atoms with Crippen molar-refractivity contribution in [1.29, 1.82) is 0 Å². The van der Waals surface area contributed by atoms with Crippen LogP contribution in [0.4, 0.5) is 13.9 Å². The fourth-order valence-corrected chi connectivity index (χ4v) is 7.30. The van der Waals surface area contributed by atoms with Gasteiger partial charge in [0.1, 0.15) is 26.6 Å². The minimum Gasteiger partial charge on any atom is -0.330 e. The number of halogens is 2. The van der Waals surface area contributed by atoms with Crippen molar-refractivity contribution in [1.82, 2.24) is 10.2 Å². The highest BCUT2D eigenvalue weighted by Gasteiger charge is 2.54. The van der Waals surface area contributed by atoms with Crippen LogP contribution in [0.15, 0.2) is 59.7 Å². The second-order valence-electron chi connectivity index (χ2n) is 10.0. The first-order valence-electron chi connectivity index (χ1n) is 12.8. The molecule has 2 heterocycles. The minimum atomic E-state index is -0.889. The number of aromatic nitrogens is 2. The summed E-state index contributed by atoms with van der Waals surface area (Å²) < 4.78 is 29.6. The second-order valence-corrected chi connectivity index (χ2v) is 12.4. The Kier molecular flexibility index (Phi) is 7.59. The highest BCUT2D eigenvalue weighted by molar-refractivity contribution is 8.15. The Morgan fingerprint density at radius 3 is 2.23 bits per heavy atom. The van der Waals surface area contributed by atoms with Crippen molar-refractivity contribution in [3.63, 3.8) is 0 Å². The topological polar surface area (TPSA) is 67.4 Å². The van der Waals surface area contributed by atoms with Crippen LogP contribution in [0.3, 0.4) is 0 Å². The number of hydrazone groups is 1. The summed E-state index contributed by atoms with van der Waals surface area (Å²) in [5.41, 5.74) is 13.1. The Morgan fingerprint density at radius 2 is 1.59 bits per heavy atom. The summed E-state index contributed by atoms with van der Waals surface area (Å²) in [6.07, 6.45) is 0.630. The Morgan fingerprint density at radius 1 is 0.872 bits per heavy atom. The molecular weight excluding hydrogens is 532 g/mol. The van der Waals surface area contributed by atoms with Gasteiger partial charge in [0.25, 0.3) is 0 Å². The van der Waals surface area contributed by atoms with Gasteiger partial charge in [-0.05, 0) is 99.2 Å². The highest BCUT2D eigenvalue weighted by atomic mass is 32.2. The fraction of sp³-hybridized carbons (Fsp3) is 0.300. The molecule has 39 heavy (non-hydrogen) atoms. The molecule has 5 nitrogen and oxygen atoms in total. The second kappa shape index (κ2) is 10.8. The molecule has 2 N–H and O–H groups in total. The largest absolute Gasteiger partial charge is 0.330 e. The van der Waals surface area contributed by atoms with E-state index in [0.717, 1.165) is 39.4 Å². The molecule has 0 amide bonds. The molecular formula is C30H31F2N5S2. The van der Waals surface area contributed by atoms with Crippen LogP contribution in [0.25, 0.3) is 0 Å². The average Bonchev–Trinajstić information content (AvgIpc) is 3.52. The van der Waals surface area contributed by atoms with E-state index in [0.29, 0.717) is 23.1 Å². The third kappa shape index (κ3) is 4.99. The number of nitrogens with two attached hydrogens (primary N) is 1. The molecule has 0 bridgehead atoms. The molecule has 5 rings (SSSR count). The molecule has 4 aromatic rings. The maximum Gasteiger partial charge on any atom is 0.230 e. The molecule has 2 unspecified atom stereocenters. The number of hydrogen-bond acceptors (Lipinski definition) is 7. The minimum absolute atomic E-state index is 0.114. The lowest BCUT2D eigenvalue weighted by atomic mass is 9.82. The summed E-state index contributed by atoms with van der Waals surface area (Å²) in [7, 11) is 0. The molecule has 0 fully saturated rings. The Labute approximate surface area is 236 Å². The van der Waals surface area contributed by atoms with Crippen LogP contribution >= 0.6 is 23.1 Å². The van der Waals surface area contributed by atoms with Crippen LogP contribution in [-0.4, -0.2) is 21.8 Å². The lowest BCUT2D eigenvalue weighted by Gasteiger charge is -2.42. The number of thioether (sulfide) groups is 1. The zero-order valence-corrected chi connectivity index (χ0v) is 24.3. The number of hydrogen-bond donors (Lipinski definition) is 1. The van der Waals surface area contributed by atoms with Crippen molar-refractivity contribution in [2.75, 3.05) is 11.6 Å². The van der Waals surface area contributed by atoms with Crippen molar-refractivity contribution in [2.24, 2.45) is 10.8 Å². The van der Waals surface area contributed by atoms with Gasteiger partial charge < -0.3 is 5.73 Å². The monoisotopic (exact) mass is 563 g/mol. The van der Waals surface area contributed by atoms with E-state index in [2.05, 4.69) is 74.3 Å². The van der Waals surface area contributed by atoms with Crippen LogP contribution < -0.4 is 10.7 Å². The molecule has 1 aliphatic heterocycles. The predicted octanol–water partition coefficient (Wildman–Crippen LogP) is 7.26. The van der Waals surface area contributed by atoms with Crippen molar-refractivity contribution >= 4 is 33.3 Å². The highest BCUT2D eigenvalue weighted by Crippen LogP contribution is 2.58. The van der Waals surface area contributed by atoms with Gasteiger partial charge in [0, 0.05) is 11.5 Å². The van der Waals surface area contributed by atoms with Gasteiger partial charge in [-0.3, -0.25) is 0 Å². The molecule has 1 aliphatic rings. The molecule has 2 atom stereocenters. The summed E-state index contributed by atoms with van der Waals surface area (Å²) >= 11 is 2.83. The zero-order chi connectivity index (χ0) is 27.9. The van der Waals surface area contributed by atoms with Crippen LogP contribution in [0, 0.1) is 46.3 Å². The van der Waals surface area contributed by atoms with Crippen molar-refractivity contribution in [3.05, 3.63) is 110 Å². The van der Waals surface area contributed by atoms with E-state index in [1.807, 2.05) is 11.9 Å². The number of aryl methyl sites for hydroxylation is 5. The maximum absolute atomic E-state index is 15.2. The molecule has 0 radical (unpaired) electrons. The van der Waals surface area contributed by atoms with E-state index in [1.165, 1.54) is 40.3 Å². The molecule has 0 spiro atoms. The van der Waals surface area contributed by atoms with E-state index < -0.39 is 16.5 Å². The zero-order valence-electron chi connectivity index (χ0n) is 22.6. The molecule has 0 aliphatic carbocycles. The molecule has 9 heteroatoms. The molecule has 202 valence electrons. The van der Waals surface area contributed by atoms with Crippen LogP contribution in [-0.2, 0) is 4.87 Å². The third-order valence-corrected chi connectivity index (χ3v) is 9.71. The smallest absolute Gasteiger partial charge is 0.230 e. The van der Waals surface area contributed by atoms with Gasteiger partial charge in [-0.1, -0.05) is 59.5 Å². The Hall–Kier alpha value is -3.14. The van der Waals surface area contributed by atoms with Crippen LogP contribution in [0.5, 0.6) is 0 Å². The quantitative estimate of drug-likeness (QED) is 0.256. The normalized spacial score (nSPS) is 17.9. The summed E-state index contributed by atoms with van der Waals surface area (Å²) in [5.74, 6) is -1.23. The van der Waals surface area contributed by atoms with Gasteiger partial charge in [0.2, 0.25) is 5.13 Å². The molecule has 1 aromatic heterocycles. The van der Waals surface area contributed by atoms with E-state index in [4.69, 9.17) is 10.8 Å². The van der Waals surface area contributed by atoms with Gasteiger partial charge in [-0.25, -0.2) is 13.8 Å². The van der Waals surface area contributed by atoms with Gasteiger partial charge in [0.15, 0.2) is 0 Å². The predicted molar refractivity (Wildman–Crippen MR) is 158 cm³/mol. The standard InChI is InChI=1S/C30H31F2N5S2/c1-17-6-8-22(14-19(17)3)26(12-13-33)30(23-9-7-18(2)20(4)15-23)37(29-35-34-21(5)38-29)36-28(39-30)25-16-24(31)10-11-27(25)32/h6-11,14-16,26H,12-13,33H2,1-5H3.